The van der Waals surface area contributed by atoms with Crippen LogP contribution in [0.5, 0.6) is 11.6 Å². The second-order valence-electron chi connectivity index (χ2n) is 3.39. The molecule has 0 fully saturated rings. The van der Waals surface area contributed by atoms with E-state index in [9.17, 15) is 4.39 Å². The average Bonchev–Trinajstić information content (AvgIpc) is 2.29. The SMILES string of the molecule is Cc1cnc(N)nc1Oc1ccc(Cl)c(F)c1. The molecule has 2 N–H and O–H groups in total. The second kappa shape index (κ2) is 4.55. The lowest BCUT2D eigenvalue weighted by Gasteiger charge is -2.07. The quantitative estimate of drug-likeness (QED) is 0.894. The predicted octanol–water partition coefficient (Wildman–Crippen LogP) is 2.95. The number of nitrogens with zero attached hydrogens (tertiary/aromatic N) is 2. The van der Waals surface area contributed by atoms with Gasteiger partial charge in [0.25, 0.3) is 0 Å². The van der Waals surface area contributed by atoms with Crippen molar-refractivity contribution >= 4 is 17.5 Å². The van der Waals surface area contributed by atoms with E-state index in [1.165, 1.54) is 18.3 Å². The molecule has 0 amide bonds. The molecule has 0 aliphatic carbocycles. The molecular weight excluding hydrogens is 245 g/mol. The molecule has 4 nitrogen and oxygen atoms in total. The summed E-state index contributed by atoms with van der Waals surface area (Å²) in [4.78, 5) is 7.71. The van der Waals surface area contributed by atoms with Crippen LogP contribution in [0.4, 0.5) is 10.3 Å². The number of hydrogen-bond donors (Lipinski definition) is 1. The zero-order valence-electron chi connectivity index (χ0n) is 8.95. The van der Waals surface area contributed by atoms with Gasteiger partial charge in [0, 0.05) is 17.8 Å². The van der Waals surface area contributed by atoms with Gasteiger partial charge in [0.15, 0.2) is 0 Å². The molecule has 0 radical (unpaired) electrons. The Morgan fingerprint density at radius 2 is 2.18 bits per heavy atom. The number of nitrogens with two attached hydrogens (primary N) is 1. The molecule has 0 aliphatic rings. The lowest BCUT2D eigenvalue weighted by Crippen LogP contribution is -1.99. The third kappa shape index (κ3) is 2.62. The Balaban J connectivity index is 2.31. The Hall–Kier alpha value is -1.88. The van der Waals surface area contributed by atoms with E-state index in [0.717, 1.165) is 0 Å². The number of halogens is 2. The van der Waals surface area contributed by atoms with Crippen molar-refractivity contribution in [3.8, 4) is 11.6 Å². The first-order chi connectivity index (χ1) is 8.06. The van der Waals surface area contributed by atoms with Crippen molar-refractivity contribution < 1.29 is 9.13 Å². The first-order valence-corrected chi connectivity index (χ1v) is 5.16. The van der Waals surface area contributed by atoms with Crippen molar-refractivity contribution in [2.75, 3.05) is 5.73 Å². The van der Waals surface area contributed by atoms with Crippen LogP contribution < -0.4 is 10.5 Å². The molecule has 1 aromatic heterocycles. The zero-order valence-corrected chi connectivity index (χ0v) is 9.70. The van der Waals surface area contributed by atoms with Crippen molar-refractivity contribution in [3.63, 3.8) is 0 Å². The normalized spacial score (nSPS) is 10.3. The molecule has 0 spiro atoms. The molecule has 1 heterocycles. The smallest absolute Gasteiger partial charge is 0.226 e. The molecule has 2 rings (SSSR count). The summed E-state index contributed by atoms with van der Waals surface area (Å²) >= 11 is 5.56. The maximum absolute atomic E-state index is 13.2. The highest BCUT2D eigenvalue weighted by molar-refractivity contribution is 6.30. The summed E-state index contributed by atoms with van der Waals surface area (Å²) in [5, 5.41) is 0.0382. The van der Waals surface area contributed by atoms with Crippen LogP contribution in [0.25, 0.3) is 0 Å². The lowest BCUT2D eigenvalue weighted by atomic mass is 10.3. The number of hydrogen-bond acceptors (Lipinski definition) is 4. The van der Waals surface area contributed by atoms with Gasteiger partial charge in [0.1, 0.15) is 11.6 Å². The second-order valence-corrected chi connectivity index (χ2v) is 3.80. The highest BCUT2D eigenvalue weighted by Crippen LogP contribution is 2.26. The Labute approximate surface area is 102 Å². The van der Waals surface area contributed by atoms with Crippen molar-refractivity contribution in [3.05, 3.63) is 40.8 Å². The minimum Gasteiger partial charge on any atom is -0.438 e. The van der Waals surface area contributed by atoms with E-state index in [4.69, 9.17) is 22.1 Å². The van der Waals surface area contributed by atoms with Gasteiger partial charge >= 0.3 is 0 Å². The zero-order chi connectivity index (χ0) is 12.4. The van der Waals surface area contributed by atoms with Gasteiger partial charge in [0.2, 0.25) is 11.8 Å². The molecule has 6 heteroatoms. The standard InChI is InChI=1S/C11H9ClFN3O/c1-6-5-15-11(14)16-10(6)17-7-2-3-8(12)9(13)4-7/h2-5H,1H3,(H2,14,15,16). The van der Waals surface area contributed by atoms with Crippen LogP contribution in [0, 0.1) is 12.7 Å². The maximum atomic E-state index is 13.2. The number of ether oxygens (including phenoxy) is 1. The maximum Gasteiger partial charge on any atom is 0.226 e. The van der Waals surface area contributed by atoms with E-state index in [2.05, 4.69) is 9.97 Å². The highest BCUT2D eigenvalue weighted by atomic mass is 35.5. The molecule has 0 atom stereocenters. The fourth-order valence-electron chi connectivity index (χ4n) is 1.19. The Morgan fingerprint density at radius 1 is 1.41 bits per heavy atom. The third-order valence-electron chi connectivity index (χ3n) is 2.05. The largest absolute Gasteiger partial charge is 0.438 e. The van der Waals surface area contributed by atoms with E-state index in [0.29, 0.717) is 17.2 Å². The summed E-state index contributed by atoms with van der Waals surface area (Å²) in [7, 11) is 0. The van der Waals surface area contributed by atoms with Gasteiger partial charge in [-0.15, -0.1) is 0 Å². The van der Waals surface area contributed by atoms with E-state index >= 15 is 0 Å². The molecule has 17 heavy (non-hydrogen) atoms. The highest BCUT2D eigenvalue weighted by Gasteiger charge is 2.07. The number of nitrogen functional groups attached to an aromatic ring is 1. The van der Waals surface area contributed by atoms with Crippen LogP contribution in [0.15, 0.2) is 24.4 Å². The minimum atomic E-state index is -0.552. The molecule has 0 aliphatic heterocycles. The molecular formula is C11H9ClFN3O. The van der Waals surface area contributed by atoms with Crippen LogP contribution in [-0.4, -0.2) is 9.97 Å². The third-order valence-corrected chi connectivity index (χ3v) is 2.36. The number of anilines is 1. The molecule has 1 aromatic carbocycles. The van der Waals surface area contributed by atoms with Crippen molar-refractivity contribution in [1.29, 1.82) is 0 Å². The summed E-state index contributed by atoms with van der Waals surface area (Å²) < 4.78 is 18.6. The molecule has 88 valence electrons. The topological polar surface area (TPSA) is 61.0 Å². The number of aryl methyl sites for hydroxylation is 1. The lowest BCUT2D eigenvalue weighted by molar-refractivity contribution is 0.454. The van der Waals surface area contributed by atoms with Crippen LogP contribution >= 0.6 is 11.6 Å². The average molecular weight is 254 g/mol. The van der Waals surface area contributed by atoms with Gasteiger partial charge in [-0.25, -0.2) is 9.37 Å². The fourth-order valence-corrected chi connectivity index (χ4v) is 1.31. The van der Waals surface area contributed by atoms with Crippen LogP contribution in [0.2, 0.25) is 5.02 Å². The van der Waals surface area contributed by atoms with E-state index in [-0.39, 0.29) is 11.0 Å². The monoisotopic (exact) mass is 253 g/mol. The van der Waals surface area contributed by atoms with Crippen molar-refractivity contribution in [2.45, 2.75) is 6.92 Å². The van der Waals surface area contributed by atoms with Gasteiger partial charge in [-0.05, 0) is 19.1 Å². The number of aromatic nitrogens is 2. The van der Waals surface area contributed by atoms with Gasteiger partial charge < -0.3 is 10.5 Å². The molecule has 0 unspecified atom stereocenters. The Kier molecular flexibility index (Phi) is 3.10. The summed E-state index contributed by atoms with van der Waals surface area (Å²) in [6, 6.07) is 4.13. The van der Waals surface area contributed by atoms with Gasteiger partial charge in [-0.2, -0.15) is 4.98 Å². The number of rotatable bonds is 2. The molecule has 0 bridgehead atoms. The molecule has 2 aromatic rings. The van der Waals surface area contributed by atoms with Crippen LogP contribution in [0.3, 0.4) is 0 Å². The Morgan fingerprint density at radius 3 is 2.88 bits per heavy atom. The summed E-state index contributed by atoms with van der Waals surface area (Å²) in [5.74, 6) is 0.135. The van der Waals surface area contributed by atoms with Gasteiger partial charge in [0.05, 0.1) is 5.02 Å². The summed E-state index contributed by atoms with van der Waals surface area (Å²) in [5.41, 5.74) is 6.14. The van der Waals surface area contributed by atoms with Crippen molar-refractivity contribution in [1.82, 2.24) is 9.97 Å². The molecule has 0 saturated heterocycles. The first-order valence-electron chi connectivity index (χ1n) is 4.78. The van der Waals surface area contributed by atoms with E-state index in [1.54, 1.807) is 13.0 Å². The van der Waals surface area contributed by atoms with Crippen LogP contribution in [0.1, 0.15) is 5.56 Å². The minimum absolute atomic E-state index is 0.0382. The summed E-state index contributed by atoms with van der Waals surface area (Å²) in [6.07, 6.45) is 1.53. The molecule has 0 saturated carbocycles. The van der Waals surface area contributed by atoms with E-state index < -0.39 is 5.82 Å². The van der Waals surface area contributed by atoms with Gasteiger partial charge in [-0.3, -0.25) is 0 Å². The van der Waals surface area contributed by atoms with E-state index in [1.807, 2.05) is 0 Å². The first kappa shape index (κ1) is 11.6. The van der Waals surface area contributed by atoms with Crippen molar-refractivity contribution in [2.24, 2.45) is 0 Å². The fraction of sp³-hybridized carbons (Fsp3) is 0.0909. The van der Waals surface area contributed by atoms with Gasteiger partial charge in [-0.1, -0.05) is 11.6 Å². The number of benzene rings is 1. The Bertz CT molecular complexity index is 562. The summed E-state index contributed by atoms with van der Waals surface area (Å²) in [6.45, 7) is 1.76. The van der Waals surface area contributed by atoms with Crippen LogP contribution in [-0.2, 0) is 0 Å². The predicted molar refractivity (Wildman–Crippen MR) is 62.7 cm³/mol.